The van der Waals surface area contributed by atoms with Crippen LogP contribution in [0.2, 0.25) is 0 Å². The van der Waals surface area contributed by atoms with Gasteiger partial charge in [-0.25, -0.2) is 0 Å². The Kier molecular flexibility index (Phi) is 5.44. The third-order valence-corrected chi connectivity index (χ3v) is 3.98. The van der Waals surface area contributed by atoms with Crippen molar-refractivity contribution in [1.29, 1.82) is 0 Å². The number of hydrogen-bond acceptors (Lipinski definition) is 2. The van der Waals surface area contributed by atoms with Crippen LogP contribution in [0.5, 0.6) is 5.75 Å². The molecule has 0 spiro atoms. The van der Waals surface area contributed by atoms with Crippen molar-refractivity contribution in [3.8, 4) is 5.75 Å². The predicted molar refractivity (Wildman–Crippen MR) is 80.8 cm³/mol. The third kappa shape index (κ3) is 4.07. The Balaban J connectivity index is 1.94. The van der Waals surface area contributed by atoms with E-state index < -0.39 is 0 Å². The van der Waals surface area contributed by atoms with Gasteiger partial charge in [-0.3, -0.25) is 4.79 Å². The lowest BCUT2D eigenvalue weighted by Gasteiger charge is -2.08. The van der Waals surface area contributed by atoms with Crippen LogP contribution in [0.15, 0.2) is 16.6 Å². The monoisotopic (exact) mass is 324 g/mol. The van der Waals surface area contributed by atoms with E-state index in [1.165, 1.54) is 18.4 Å². The Morgan fingerprint density at radius 2 is 2.16 bits per heavy atom. The molecular formula is C16H21BrO2. The number of benzene rings is 1. The molecule has 0 atom stereocenters. The third-order valence-electron chi connectivity index (χ3n) is 3.52. The SMILES string of the molecule is CCCCCCC(=O)Cc1cc(Br)cc2c1OCC2. The number of hydrogen-bond donors (Lipinski definition) is 0. The van der Waals surface area contributed by atoms with E-state index in [1.54, 1.807) is 0 Å². The van der Waals surface area contributed by atoms with Crippen LogP contribution < -0.4 is 4.74 Å². The molecule has 19 heavy (non-hydrogen) atoms. The molecule has 0 radical (unpaired) electrons. The molecule has 1 aromatic rings. The lowest BCUT2D eigenvalue weighted by atomic mass is 10.0. The number of fused-ring (bicyclic) bond motifs is 1. The van der Waals surface area contributed by atoms with E-state index in [9.17, 15) is 4.79 Å². The van der Waals surface area contributed by atoms with Gasteiger partial charge < -0.3 is 4.74 Å². The van der Waals surface area contributed by atoms with Gasteiger partial charge in [0.25, 0.3) is 0 Å². The van der Waals surface area contributed by atoms with Crippen molar-refractivity contribution >= 4 is 21.7 Å². The molecule has 0 saturated heterocycles. The summed E-state index contributed by atoms with van der Waals surface area (Å²) >= 11 is 3.51. The number of ketones is 1. The van der Waals surface area contributed by atoms with Gasteiger partial charge in [0.2, 0.25) is 0 Å². The second kappa shape index (κ2) is 7.09. The van der Waals surface area contributed by atoms with Crippen LogP contribution in [0.25, 0.3) is 0 Å². The molecule has 1 aromatic carbocycles. The fourth-order valence-corrected chi connectivity index (χ4v) is 3.08. The maximum Gasteiger partial charge on any atom is 0.137 e. The van der Waals surface area contributed by atoms with Gasteiger partial charge in [-0.2, -0.15) is 0 Å². The molecule has 0 bridgehead atoms. The quantitative estimate of drug-likeness (QED) is 0.692. The van der Waals surface area contributed by atoms with Crippen LogP contribution in [0.3, 0.4) is 0 Å². The molecule has 1 heterocycles. The minimum Gasteiger partial charge on any atom is -0.493 e. The zero-order valence-electron chi connectivity index (χ0n) is 11.5. The fourth-order valence-electron chi connectivity index (χ4n) is 2.53. The number of ether oxygens (including phenoxy) is 1. The van der Waals surface area contributed by atoms with Gasteiger partial charge in [0, 0.05) is 29.3 Å². The van der Waals surface area contributed by atoms with E-state index in [-0.39, 0.29) is 0 Å². The number of Topliss-reactive ketones (excluding diaryl/α,β-unsaturated/α-hetero) is 1. The summed E-state index contributed by atoms with van der Waals surface area (Å²) in [6.45, 7) is 2.92. The van der Waals surface area contributed by atoms with Crippen molar-refractivity contribution in [2.24, 2.45) is 0 Å². The van der Waals surface area contributed by atoms with Crippen molar-refractivity contribution in [3.63, 3.8) is 0 Å². The zero-order valence-corrected chi connectivity index (χ0v) is 13.1. The Morgan fingerprint density at radius 3 is 2.95 bits per heavy atom. The lowest BCUT2D eigenvalue weighted by Crippen LogP contribution is -2.04. The van der Waals surface area contributed by atoms with Gasteiger partial charge in [0.05, 0.1) is 6.61 Å². The molecule has 0 saturated carbocycles. The van der Waals surface area contributed by atoms with Gasteiger partial charge in [0.15, 0.2) is 0 Å². The number of carbonyl (C=O) groups excluding carboxylic acids is 1. The minimum atomic E-state index is 0.326. The second-order valence-electron chi connectivity index (χ2n) is 5.18. The molecule has 2 nitrogen and oxygen atoms in total. The predicted octanol–water partition coefficient (Wildman–Crippen LogP) is 4.47. The van der Waals surface area contributed by atoms with Crippen molar-refractivity contribution in [2.75, 3.05) is 6.61 Å². The first kappa shape index (κ1) is 14.6. The highest BCUT2D eigenvalue weighted by atomic mass is 79.9. The summed E-state index contributed by atoms with van der Waals surface area (Å²) in [6.07, 6.45) is 6.77. The molecule has 104 valence electrons. The highest BCUT2D eigenvalue weighted by Gasteiger charge is 2.18. The first-order valence-corrected chi connectivity index (χ1v) is 7.95. The van der Waals surface area contributed by atoms with E-state index in [2.05, 4.69) is 28.9 Å². The second-order valence-corrected chi connectivity index (χ2v) is 6.09. The maximum absolute atomic E-state index is 12.0. The number of halogens is 1. The molecule has 0 amide bonds. The summed E-state index contributed by atoms with van der Waals surface area (Å²) < 4.78 is 6.70. The highest BCUT2D eigenvalue weighted by molar-refractivity contribution is 9.10. The molecule has 0 aliphatic carbocycles. The summed E-state index contributed by atoms with van der Waals surface area (Å²) in [5.41, 5.74) is 2.27. The Morgan fingerprint density at radius 1 is 1.32 bits per heavy atom. The fraction of sp³-hybridized carbons (Fsp3) is 0.562. The van der Waals surface area contributed by atoms with Crippen molar-refractivity contribution < 1.29 is 9.53 Å². The molecule has 0 aromatic heterocycles. The minimum absolute atomic E-state index is 0.326. The smallest absolute Gasteiger partial charge is 0.137 e. The lowest BCUT2D eigenvalue weighted by molar-refractivity contribution is -0.118. The zero-order chi connectivity index (χ0) is 13.7. The average molecular weight is 325 g/mol. The molecule has 2 rings (SSSR count). The first-order valence-electron chi connectivity index (χ1n) is 7.16. The van der Waals surface area contributed by atoms with Crippen molar-refractivity contribution in [3.05, 3.63) is 27.7 Å². The topological polar surface area (TPSA) is 26.3 Å². The van der Waals surface area contributed by atoms with E-state index in [0.29, 0.717) is 18.6 Å². The molecule has 0 N–H and O–H groups in total. The van der Waals surface area contributed by atoms with Gasteiger partial charge in [-0.05, 0) is 24.1 Å². The summed E-state index contributed by atoms with van der Waals surface area (Å²) in [5.74, 6) is 1.28. The van der Waals surface area contributed by atoms with Gasteiger partial charge in [-0.1, -0.05) is 42.1 Å². The number of rotatable bonds is 7. The van der Waals surface area contributed by atoms with Crippen LogP contribution in [-0.4, -0.2) is 12.4 Å². The van der Waals surface area contributed by atoms with E-state index in [0.717, 1.165) is 41.7 Å². The molecule has 3 heteroatoms. The Labute approximate surface area is 123 Å². The molecular weight excluding hydrogens is 304 g/mol. The van der Waals surface area contributed by atoms with Gasteiger partial charge in [-0.15, -0.1) is 0 Å². The van der Waals surface area contributed by atoms with Crippen LogP contribution in [-0.2, 0) is 17.6 Å². The van der Waals surface area contributed by atoms with Crippen LogP contribution >= 0.6 is 15.9 Å². The van der Waals surface area contributed by atoms with Crippen molar-refractivity contribution in [2.45, 2.75) is 51.9 Å². The Bertz CT molecular complexity index is 454. The van der Waals surface area contributed by atoms with Crippen LogP contribution in [0.1, 0.15) is 50.2 Å². The standard InChI is InChI=1S/C16H21BrO2/c1-2-3-4-5-6-15(18)11-13-10-14(17)9-12-7-8-19-16(12)13/h9-10H,2-8,11H2,1H3. The highest BCUT2D eigenvalue weighted by Crippen LogP contribution is 2.33. The van der Waals surface area contributed by atoms with E-state index in [4.69, 9.17) is 4.74 Å². The summed E-state index contributed by atoms with van der Waals surface area (Å²) in [5, 5.41) is 0. The largest absolute Gasteiger partial charge is 0.493 e. The normalized spacial score (nSPS) is 13.2. The summed E-state index contributed by atoms with van der Waals surface area (Å²) in [7, 11) is 0. The molecule has 0 fully saturated rings. The van der Waals surface area contributed by atoms with Gasteiger partial charge >= 0.3 is 0 Å². The molecule has 1 aliphatic heterocycles. The summed E-state index contributed by atoms with van der Waals surface area (Å²) in [6, 6.07) is 4.12. The number of unbranched alkanes of at least 4 members (excludes halogenated alkanes) is 3. The van der Waals surface area contributed by atoms with Crippen LogP contribution in [0, 0.1) is 0 Å². The van der Waals surface area contributed by atoms with E-state index in [1.807, 2.05) is 6.07 Å². The molecule has 0 unspecified atom stereocenters. The first-order chi connectivity index (χ1) is 9.20. The number of carbonyl (C=O) groups is 1. The summed E-state index contributed by atoms with van der Waals surface area (Å²) in [4.78, 5) is 12.0. The maximum atomic E-state index is 12.0. The van der Waals surface area contributed by atoms with E-state index >= 15 is 0 Å². The van der Waals surface area contributed by atoms with Crippen molar-refractivity contribution in [1.82, 2.24) is 0 Å². The van der Waals surface area contributed by atoms with Gasteiger partial charge in [0.1, 0.15) is 11.5 Å². The Hall–Kier alpha value is -0.830. The average Bonchev–Trinajstić information content (AvgIpc) is 2.82. The van der Waals surface area contributed by atoms with Crippen LogP contribution in [0.4, 0.5) is 0 Å². The molecule has 1 aliphatic rings.